The molecule has 15 heavy (non-hydrogen) atoms. The van der Waals surface area contributed by atoms with E-state index in [9.17, 15) is 22.4 Å². The molecule has 0 bridgehead atoms. The first-order valence-electron chi connectivity index (χ1n) is 4.49. The number of carbonyl (C=O) groups excluding carboxylic acids is 1. The number of hydrogen-bond acceptors (Lipinski definition) is 2. The van der Waals surface area contributed by atoms with Crippen molar-refractivity contribution >= 4 is 17.7 Å². The van der Waals surface area contributed by atoms with E-state index in [1.807, 2.05) is 5.32 Å². The van der Waals surface area contributed by atoms with Crippen LogP contribution in [0, 0.1) is 0 Å². The number of rotatable bonds is 3. The van der Waals surface area contributed by atoms with Crippen LogP contribution in [0.15, 0.2) is 0 Å². The van der Waals surface area contributed by atoms with Gasteiger partial charge in [0.1, 0.15) is 0 Å². The summed E-state index contributed by atoms with van der Waals surface area (Å²) in [6.45, 7) is 0. The van der Waals surface area contributed by atoms with Crippen molar-refractivity contribution in [3.05, 3.63) is 0 Å². The number of halogens is 4. The number of alkyl halides is 4. The zero-order valence-electron chi connectivity index (χ0n) is 7.81. The highest BCUT2D eigenvalue weighted by Gasteiger charge is 2.49. The quantitative estimate of drug-likeness (QED) is 0.769. The normalized spacial score (nSPS) is 22.9. The van der Waals surface area contributed by atoms with Crippen molar-refractivity contribution in [2.24, 2.45) is 0 Å². The summed E-state index contributed by atoms with van der Waals surface area (Å²) in [5.41, 5.74) is 0. The Kier molecular flexibility index (Phi) is 4.24. The Labute approximate surface area is 88.8 Å². The largest absolute Gasteiger partial charge is 0.383 e. The molecule has 88 valence electrons. The van der Waals surface area contributed by atoms with Gasteiger partial charge in [0.05, 0.1) is 0 Å². The molecule has 1 aliphatic rings. The average molecular weight is 245 g/mol. The van der Waals surface area contributed by atoms with Crippen LogP contribution in [0.5, 0.6) is 0 Å². The van der Waals surface area contributed by atoms with Gasteiger partial charge in [0.25, 0.3) is 5.91 Å². The van der Waals surface area contributed by atoms with E-state index in [0.717, 1.165) is 12.2 Å². The lowest BCUT2D eigenvalue weighted by atomic mass is 10.1. The van der Waals surface area contributed by atoms with Crippen LogP contribution in [0.1, 0.15) is 12.8 Å². The summed E-state index contributed by atoms with van der Waals surface area (Å²) < 4.78 is 48.7. The summed E-state index contributed by atoms with van der Waals surface area (Å²) in [6, 6.07) is -0.416. The molecule has 0 aromatic heterocycles. The van der Waals surface area contributed by atoms with Gasteiger partial charge in [0, 0.05) is 11.8 Å². The minimum atomic E-state index is -4.58. The van der Waals surface area contributed by atoms with Gasteiger partial charge in [-0.1, -0.05) is 0 Å². The van der Waals surface area contributed by atoms with Gasteiger partial charge >= 0.3 is 12.3 Å². The van der Waals surface area contributed by atoms with Gasteiger partial charge in [-0.05, 0) is 18.6 Å². The van der Waals surface area contributed by atoms with Crippen LogP contribution >= 0.6 is 11.8 Å². The number of hydrogen-bond donors (Lipinski definition) is 1. The second-order valence-corrected chi connectivity index (χ2v) is 4.46. The van der Waals surface area contributed by atoms with E-state index < -0.39 is 24.3 Å². The van der Waals surface area contributed by atoms with E-state index in [2.05, 4.69) is 0 Å². The Bertz CT molecular complexity index is 231. The maximum atomic E-state index is 12.5. The van der Waals surface area contributed by atoms with Gasteiger partial charge in [0.15, 0.2) is 0 Å². The lowest BCUT2D eigenvalue weighted by Gasteiger charge is -2.24. The molecule has 0 aromatic carbocycles. The van der Waals surface area contributed by atoms with Crippen molar-refractivity contribution < 1.29 is 22.4 Å². The molecule has 2 nitrogen and oxygen atoms in total. The molecule has 1 unspecified atom stereocenters. The highest BCUT2D eigenvalue weighted by atomic mass is 32.2. The third-order valence-corrected chi connectivity index (χ3v) is 3.29. The van der Waals surface area contributed by atoms with E-state index in [1.54, 1.807) is 0 Å². The maximum absolute atomic E-state index is 12.5. The number of nitrogens with one attached hydrogen (secondary N) is 1. The summed E-state index contributed by atoms with van der Waals surface area (Å²) >= 11 is 1.52. The zero-order chi connectivity index (χ0) is 11.5. The summed E-state index contributed by atoms with van der Waals surface area (Å²) in [5, 5.41) is 1.95. The van der Waals surface area contributed by atoms with Crippen LogP contribution in [0.25, 0.3) is 0 Å². The van der Waals surface area contributed by atoms with Gasteiger partial charge in [-0.2, -0.15) is 20.5 Å². The summed E-state index contributed by atoms with van der Waals surface area (Å²) in [4.78, 5) is 10.8. The molecule has 7 heteroatoms. The summed E-state index contributed by atoms with van der Waals surface area (Å²) in [5.74, 6) is -5.03. The average Bonchev–Trinajstić information content (AvgIpc) is 2.18. The molecular weight excluding hydrogens is 234 g/mol. The molecular formula is C8H11F4NOS. The van der Waals surface area contributed by atoms with Crippen LogP contribution in [0.3, 0.4) is 0 Å². The van der Waals surface area contributed by atoms with Gasteiger partial charge < -0.3 is 5.32 Å². The van der Waals surface area contributed by atoms with E-state index in [-0.39, 0.29) is 0 Å². The fourth-order valence-electron chi connectivity index (χ4n) is 1.24. The lowest BCUT2D eigenvalue weighted by molar-refractivity contribution is -0.170. The monoisotopic (exact) mass is 245 g/mol. The molecule has 1 N–H and O–H groups in total. The van der Waals surface area contributed by atoms with Crippen LogP contribution in [-0.2, 0) is 4.79 Å². The molecule has 1 aliphatic heterocycles. The molecule has 1 saturated heterocycles. The molecule has 1 fully saturated rings. The fraction of sp³-hybridized carbons (Fsp3) is 0.875. The van der Waals surface area contributed by atoms with Crippen molar-refractivity contribution in [2.75, 3.05) is 11.5 Å². The van der Waals surface area contributed by atoms with Gasteiger partial charge in [-0.3, -0.25) is 4.79 Å². The molecule has 0 spiro atoms. The number of amides is 1. The first-order chi connectivity index (χ1) is 6.94. The van der Waals surface area contributed by atoms with Crippen molar-refractivity contribution in [2.45, 2.75) is 31.2 Å². The van der Waals surface area contributed by atoms with Gasteiger partial charge in [-0.25, -0.2) is 8.78 Å². The Morgan fingerprint density at radius 1 is 1.47 bits per heavy atom. The highest BCUT2D eigenvalue weighted by molar-refractivity contribution is 7.99. The molecule has 1 amide bonds. The Balaban J connectivity index is 2.46. The highest BCUT2D eigenvalue weighted by Crippen LogP contribution is 2.24. The van der Waals surface area contributed by atoms with Crippen LogP contribution in [0.2, 0.25) is 0 Å². The molecule has 1 rings (SSSR count). The smallest absolute Gasteiger partial charge is 0.347 e. The summed E-state index contributed by atoms with van der Waals surface area (Å²) in [6.07, 6.45) is -2.58. The molecule has 0 saturated carbocycles. The van der Waals surface area contributed by atoms with Crippen LogP contribution in [0.4, 0.5) is 17.6 Å². The van der Waals surface area contributed by atoms with E-state index in [4.69, 9.17) is 0 Å². The van der Waals surface area contributed by atoms with E-state index >= 15 is 0 Å². The number of carbonyl (C=O) groups is 1. The van der Waals surface area contributed by atoms with E-state index in [1.165, 1.54) is 11.8 Å². The lowest BCUT2D eigenvalue weighted by Crippen LogP contribution is -2.50. The van der Waals surface area contributed by atoms with Crippen molar-refractivity contribution in [1.29, 1.82) is 0 Å². The fourth-order valence-corrected chi connectivity index (χ4v) is 2.31. The minimum Gasteiger partial charge on any atom is -0.347 e. The SMILES string of the molecule is O=C(NC1CCCSC1)C(F)(F)C(F)F. The molecule has 1 heterocycles. The second kappa shape index (κ2) is 5.05. The molecule has 0 aliphatic carbocycles. The van der Waals surface area contributed by atoms with Gasteiger partial charge in [0.2, 0.25) is 0 Å². The van der Waals surface area contributed by atoms with Crippen molar-refractivity contribution in [3.8, 4) is 0 Å². The first-order valence-corrected chi connectivity index (χ1v) is 5.64. The first kappa shape index (κ1) is 12.6. The van der Waals surface area contributed by atoms with Crippen LogP contribution in [-0.4, -0.2) is 35.8 Å². The summed E-state index contributed by atoms with van der Waals surface area (Å²) in [7, 11) is 0. The molecule has 0 aromatic rings. The Hall–Kier alpha value is -0.460. The predicted molar refractivity (Wildman–Crippen MR) is 49.4 cm³/mol. The Morgan fingerprint density at radius 2 is 2.13 bits per heavy atom. The minimum absolute atomic E-state index is 0.416. The molecule has 1 atom stereocenters. The predicted octanol–water partition coefficient (Wildman–Crippen LogP) is 1.90. The standard InChI is InChI=1S/C8H11F4NOS/c9-6(10)8(11,12)7(14)13-5-2-1-3-15-4-5/h5-6H,1-4H2,(H,13,14). The van der Waals surface area contributed by atoms with Crippen molar-refractivity contribution in [3.63, 3.8) is 0 Å². The topological polar surface area (TPSA) is 29.1 Å². The number of thioether (sulfide) groups is 1. The Morgan fingerprint density at radius 3 is 2.60 bits per heavy atom. The third kappa shape index (κ3) is 3.25. The van der Waals surface area contributed by atoms with Crippen LogP contribution < -0.4 is 5.32 Å². The molecule has 0 radical (unpaired) electrons. The van der Waals surface area contributed by atoms with E-state index in [0.29, 0.717) is 12.2 Å². The van der Waals surface area contributed by atoms with Gasteiger partial charge in [-0.15, -0.1) is 0 Å². The second-order valence-electron chi connectivity index (χ2n) is 3.31. The maximum Gasteiger partial charge on any atom is 0.383 e. The third-order valence-electron chi connectivity index (χ3n) is 2.07. The zero-order valence-corrected chi connectivity index (χ0v) is 8.63. The van der Waals surface area contributed by atoms with Crippen molar-refractivity contribution in [1.82, 2.24) is 5.32 Å².